The second-order valence-corrected chi connectivity index (χ2v) is 5.15. The first kappa shape index (κ1) is 12.9. The molecule has 1 aromatic heterocycles. The fraction of sp³-hybridized carbons (Fsp3) is 0.278. The molecule has 2 nitrogen and oxygen atoms in total. The van der Waals surface area contributed by atoms with E-state index in [9.17, 15) is 0 Å². The number of benzene rings is 2. The first-order valence-electron chi connectivity index (χ1n) is 7.36. The molecule has 0 radical (unpaired) electrons. The zero-order valence-corrected chi connectivity index (χ0v) is 11.9. The van der Waals surface area contributed by atoms with E-state index in [1.807, 2.05) is 0 Å². The van der Waals surface area contributed by atoms with Crippen molar-refractivity contribution in [3.05, 3.63) is 66.0 Å². The quantitative estimate of drug-likeness (QED) is 0.674. The predicted molar refractivity (Wildman–Crippen MR) is 83.9 cm³/mol. The van der Waals surface area contributed by atoms with Gasteiger partial charge >= 0.3 is 0 Å². The summed E-state index contributed by atoms with van der Waals surface area (Å²) in [6.45, 7) is 3.26. The highest BCUT2D eigenvalue weighted by Crippen LogP contribution is 2.18. The lowest BCUT2D eigenvalue weighted by atomic mass is 10.1. The van der Waals surface area contributed by atoms with Gasteiger partial charge < -0.3 is 4.57 Å². The molecular weight excluding hydrogens is 244 g/mol. The largest absolute Gasteiger partial charge is 0.328 e. The standard InChI is InChI=1S/C18H20N2/c1-2-14-20-17-11-7-6-10-16(17)19-18(20)13-12-15-8-4-3-5-9-15/h3-11H,2,12-14H2,1H3. The van der Waals surface area contributed by atoms with Gasteiger partial charge in [0.1, 0.15) is 5.82 Å². The molecule has 1 heterocycles. The molecule has 3 aromatic rings. The van der Waals surface area contributed by atoms with Crippen LogP contribution in [-0.4, -0.2) is 9.55 Å². The highest BCUT2D eigenvalue weighted by atomic mass is 15.1. The zero-order chi connectivity index (χ0) is 13.8. The minimum Gasteiger partial charge on any atom is -0.328 e. The van der Waals surface area contributed by atoms with E-state index in [0.29, 0.717) is 0 Å². The predicted octanol–water partition coefficient (Wildman–Crippen LogP) is 4.23. The van der Waals surface area contributed by atoms with Crippen molar-refractivity contribution in [1.29, 1.82) is 0 Å². The second-order valence-electron chi connectivity index (χ2n) is 5.15. The Hall–Kier alpha value is -2.09. The van der Waals surface area contributed by atoms with Crippen molar-refractivity contribution in [1.82, 2.24) is 9.55 Å². The summed E-state index contributed by atoms with van der Waals surface area (Å²) in [6, 6.07) is 19.1. The molecule has 0 saturated heterocycles. The van der Waals surface area contributed by atoms with Gasteiger partial charge in [-0.1, -0.05) is 49.4 Å². The average molecular weight is 264 g/mol. The topological polar surface area (TPSA) is 17.8 Å². The number of para-hydroxylation sites is 2. The lowest BCUT2D eigenvalue weighted by molar-refractivity contribution is 0.650. The van der Waals surface area contributed by atoms with Gasteiger partial charge in [-0.15, -0.1) is 0 Å². The first-order chi connectivity index (χ1) is 9.88. The molecule has 2 heteroatoms. The van der Waals surface area contributed by atoms with Crippen molar-refractivity contribution in [3.8, 4) is 0 Å². The van der Waals surface area contributed by atoms with E-state index in [4.69, 9.17) is 4.98 Å². The third-order valence-electron chi connectivity index (χ3n) is 3.66. The minimum atomic E-state index is 0.999. The summed E-state index contributed by atoms with van der Waals surface area (Å²) in [5.41, 5.74) is 3.75. The van der Waals surface area contributed by atoms with Crippen molar-refractivity contribution < 1.29 is 0 Å². The molecule has 0 aliphatic heterocycles. The van der Waals surface area contributed by atoms with E-state index in [1.165, 1.54) is 16.9 Å². The number of rotatable bonds is 5. The van der Waals surface area contributed by atoms with Crippen LogP contribution in [0.1, 0.15) is 24.7 Å². The van der Waals surface area contributed by atoms with Gasteiger partial charge in [0.05, 0.1) is 11.0 Å². The van der Waals surface area contributed by atoms with Gasteiger partial charge in [0, 0.05) is 13.0 Å². The van der Waals surface area contributed by atoms with Crippen LogP contribution in [0.25, 0.3) is 11.0 Å². The Kier molecular flexibility index (Phi) is 3.82. The van der Waals surface area contributed by atoms with E-state index in [2.05, 4.69) is 66.1 Å². The minimum absolute atomic E-state index is 0.999. The SMILES string of the molecule is CCCn1c(CCc2ccccc2)nc2ccccc21. The fourth-order valence-electron chi connectivity index (χ4n) is 2.69. The Balaban J connectivity index is 1.88. The molecule has 102 valence electrons. The summed E-state index contributed by atoms with van der Waals surface area (Å²) in [7, 11) is 0. The van der Waals surface area contributed by atoms with Crippen LogP contribution in [0.2, 0.25) is 0 Å². The van der Waals surface area contributed by atoms with Crippen molar-refractivity contribution in [2.45, 2.75) is 32.7 Å². The molecule has 0 unspecified atom stereocenters. The number of aromatic nitrogens is 2. The van der Waals surface area contributed by atoms with Crippen LogP contribution in [0.3, 0.4) is 0 Å². The van der Waals surface area contributed by atoms with Gasteiger partial charge in [0.2, 0.25) is 0 Å². The zero-order valence-electron chi connectivity index (χ0n) is 11.9. The van der Waals surface area contributed by atoms with Crippen LogP contribution >= 0.6 is 0 Å². The lowest BCUT2D eigenvalue weighted by Gasteiger charge is -2.07. The maximum atomic E-state index is 4.81. The van der Waals surface area contributed by atoms with E-state index < -0.39 is 0 Å². The number of aryl methyl sites for hydroxylation is 3. The molecule has 0 aliphatic carbocycles. The lowest BCUT2D eigenvalue weighted by Crippen LogP contribution is -2.05. The summed E-state index contributed by atoms with van der Waals surface area (Å²) in [5, 5.41) is 0. The third-order valence-corrected chi connectivity index (χ3v) is 3.66. The van der Waals surface area contributed by atoms with Gasteiger partial charge in [0.25, 0.3) is 0 Å². The molecular formula is C18H20N2. The van der Waals surface area contributed by atoms with Crippen molar-refractivity contribution in [3.63, 3.8) is 0 Å². The summed E-state index contributed by atoms with van der Waals surface area (Å²) in [4.78, 5) is 4.81. The second kappa shape index (κ2) is 5.91. The Bertz CT molecular complexity index is 683. The Morgan fingerprint density at radius 3 is 2.45 bits per heavy atom. The number of fused-ring (bicyclic) bond motifs is 1. The summed E-state index contributed by atoms with van der Waals surface area (Å²) in [5.74, 6) is 1.21. The van der Waals surface area contributed by atoms with Crippen LogP contribution in [-0.2, 0) is 19.4 Å². The molecule has 0 N–H and O–H groups in total. The Morgan fingerprint density at radius 2 is 1.65 bits per heavy atom. The number of hydrogen-bond acceptors (Lipinski definition) is 1. The molecule has 0 aliphatic rings. The fourth-order valence-corrected chi connectivity index (χ4v) is 2.69. The number of hydrogen-bond donors (Lipinski definition) is 0. The molecule has 0 saturated carbocycles. The van der Waals surface area contributed by atoms with Crippen molar-refractivity contribution in [2.75, 3.05) is 0 Å². The Morgan fingerprint density at radius 1 is 0.900 bits per heavy atom. The van der Waals surface area contributed by atoms with E-state index in [-0.39, 0.29) is 0 Å². The van der Waals surface area contributed by atoms with Crippen LogP contribution < -0.4 is 0 Å². The molecule has 2 aromatic carbocycles. The van der Waals surface area contributed by atoms with Gasteiger partial charge in [-0.3, -0.25) is 0 Å². The molecule has 0 bridgehead atoms. The summed E-state index contributed by atoms with van der Waals surface area (Å²) in [6.07, 6.45) is 3.19. The van der Waals surface area contributed by atoms with E-state index >= 15 is 0 Å². The van der Waals surface area contributed by atoms with Gasteiger partial charge in [-0.25, -0.2) is 4.98 Å². The van der Waals surface area contributed by atoms with Crippen molar-refractivity contribution >= 4 is 11.0 Å². The molecule has 0 spiro atoms. The monoisotopic (exact) mass is 264 g/mol. The molecule has 3 rings (SSSR count). The van der Waals surface area contributed by atoms with Gasteiger partial charge in [-0.05, 0) is 30.5 Å². The van der Waals surface area contributed by atoms with E-state index in [1.54, 1.807) is 0 Å². The number of nitrogens with zero attached hydrogens (tertiary/aromatic N) is 2. The van der Waals surface area contributed by atoms with Crippen molar-refractivity contribution in [2.24, 2.45) is 0 Å². The van der Waals surface area contributed by atoms with Gasteiger partial charge in [0.15, 0.2) is 0 Å². The maximum Gasteiger partial charge on any atom is 0.110 e. The van der Waals surface area contributed by atoms with Gasteiger partial charge in [-0.2, -0.15) is 0 Å². The summed E-state index contributed by atoms with van der Waals surface area (Å²) < 4.78 is 2.37. The smallest absolute Gasteiger partial charge is 0.110 e. The third kappa shape index (κ3) is 2.60. The normalized spacial score (nSPS) is 11.1. The van der Waals surface area contributed by atoms with Crippen LogP contribution in [0.15, 0.2) is 54.6 Å². The highest BCUT2D eigenvalue weighted by molar-refractivity contribution is 5.75. The highest BCUT2D eigenvalue weighted by Gasteiger charge is 2.09. The molecule has 0 atom stereocenters. The van der Waals surface area contributed by atoms with Crippen LogP contribution in [0.4, 0.5) is 0 Å². The van der Waals surface area contributed by atoms with E-state index in [0.717, 1.165) is 31.3 Å². The number of imidazole rings is 1. The molecule has 20 heavy (non-hydrogen) atoms. The summed E-state index contributed by atoms with van der Waals surface area (Å²) >= 11 is 0. The first-order valence-corrected chi connectivity index (χ1v) is 7.36. The average Bonchev–Trinajstić information content (AvgIpc) is 2.85. The molecule has 0 fully saturated rings. The van der Waals surface area contributed by atoms with Crippen LogP contribution in [0.5, 0.6) is 0 Å². The Labute approximate surface area is 120 Å². The maximum absolute atomic E-state index is 4.81. The molecule has 0 amide bonds. The van der Waals surface area contributed by atoms with Crippen LogP contribution in [0, 0.1) is 0 Å².